The van der Waals surface area contributed by atoms with Gasteiger partial charge < -0.3 is 28.6 Å². The van der Waals surface area contributed by atoms with Crippen LogP contribution in [0.5, 0.6) is 11.5 Å². The van der Waals surface area contributed by atoms with Gasteiger partial charge >= 0.3 is 11.9 Å². The van der Waals surface area contributed by atoms with Crippen LogP contribution in [0, 0.1) is 34.5 Å². The second-order valence-electron chi connectivity index (χ2n) is 18.4. The molecule has 1 saturated heterocycles. The zero-order valence-corrected chi connectivity index (χ0v) is 37.1. The summed E-state index contributed by atoms with van der Waals surface area (Å²) in [6.07, 6.45) is 3.57. The van der Waals surface area contributed by atoms with Gasteiger partial charge in [0.05, 0.1) is 55.3 Å². The van der Waals surface area contributed by atoms with Gasteiger partial charge in [0, 0.05) is 36.8 Å². The zero-order valence-electron chi connectivity index (χ0n) is 35.5. The van der Waals surface area contributed by atoms with Crippen molar-refractivity contribution in [1.29, 1.82) is 0 Å². The number of esters is 2. The predicted molar refractivity (Wildman–Crippen MR) is 225 cm³/mol. The van der Waals surface area contributed by atoms with Crippen LogP contribution in [0.4, 0.5) is 0 Å². The van der Waals surface area contributed by atoms with E-state index in [1.807, 2.05) is 45.2 Å². The third-order valence-corrected chi connectivity index (χ3v) is 14.2. The third-order valence-electron chi connectivity index (χ3n) is 13.0. The Morgan fingerprint density at radius 1 is 1.00 bits per heavy atom. The normalized spacial score (nSPS) is 26.4. The Bertz CT molecular complexity index is 2070. The highest BCUT2D eigenvalue weighted by molar-refractivity contribution is 7.13. The number of methoxy groups -OCH3 is 2. The second kappa shape index (κ2) is 17.3. The van der Waals surface area contributed by atoms with Crippen LogP contribution < -0.4 is 9.47 Å². The van der Waals surface area contributed by atoms with Gasteiger partial charge in [-0.05, 0) is 66.9 Å². The lowest BCUT2D eigenvalue weighted by atomic mass is 9.77. The molecule has 14 heteroatoms. The summed E-state index contributed by atoms with van der Waals surface area (Å²) in [5.41, 5.74) is 0.410. The fraction of sp³-hybridized carbons (Fsp3) is 0.644. The molecule has 4 fully saturated rings. The number of amides is 1. The molecule has 0 N–H and O–H groups in total. The minimum atomic E-state index is -0.915. The van der Waals surface area contributed by atoms with Gasteiger partial charge in [0.2, 0.25) is 5.91 Å². The number of hydrogen-bond donors (Lipinski definition) is 0. The fourth-order valence-electron chi connectivity index (χ4n) is 9.25. The standard InChI is InChI=1S/C45H58ClN3O9S/c1-9-27-20-45(27,43(53)55-8)21-35(50)34-17-29(22-49(34)42(52)31(44(4,5)6)18-38(51)58-28-15-25-14-26(25)16-28)57-37-19-32(41-48-33(23-59-41)24(2)3)47-40-30(37)10-11-36(39(40)46)56-13-12-54-7/h10-11,19,23-29,31,34H,9,12-18,20-22H2,1-8H3/t25-,26+,27-,28?,29-,31?,34+,45-/m1/s1. The van der Waals surface area contributed by atoms with E-state index in [-0.39, 0.29) is 55.4 Å². The average Bonchev–Trinajstić information content (AvgIpc) is 3.82. The van der Waals surface area contributed by atoms with Crippen LogP contribution in [0.1, 0.15) is 105 Å². The van der Waals surface area contributed by atoms with E-state index in [0.29, 0.717) is 69.6 Å². The molecule has 0 radical (unpaired) electrons. The monoisotopic (exact) mass is 851 g/mol. The van der Waals surface area contributed by atoms with E-state index in [1.165, 1.54) is 24.9 Å². The van der Waals surface area contributed by atoms with Gasteiger partial charge in [-0.2, -0.15) is 0 Å². The number of likely N-dealkylation sites (tertiary alicyclic amines) is 1. The van der Waals surface area contributed by atoms with E-state index < -0.39 is 40.8 Å². The molecule has 12 nitrogen and oxygen atoms in total. The summed E-state index contributed by atoms with van der Waals surface area (Å²) in [6, 6.07) is 4.54. The number of ether oxygens (including phenoxy) is 5. The quantitative estimate of drug-likeness (QED) is 0.0954. The number of hydrogen-bond acceptors (Lipinski definition) is 12. The maximum Gasteiger partial charge on any atom is 0.312 e. The van der Waals surface area contributed by atoms with Gasteiger partial charge in [-0.1, -0.05) is 59.6 Å². The number of fused-ring (bicyclic) bond motifs is 2. The first-order valence-corrected chi connectivity index (χ1v) is 22.3. The Labute approximate surface area is 356 Å². The van der Waals surface area contributed by atoms with Crippen molar-refractivity contribution in [2.45, 2.75) is 117 Å². The summed E-state index contributed by atoms with van der Waals surface area (Å²) < 4.78 is 29.1. The van der Waals surface area contributed by atoms with Gasteiger partial charge in [-0.3, -0.25) is 19.2 Å². The van der Waals surface area contributed by atoms with Crippen LogP contribution in [0.2, 0.25) is 5.02 Å². The Morgan fingerprint density at radius 3 is 2.37 bits per heavy atom. The van der Waals surface area contributed by atoms with E-state index in [1.54, 1.807) is 18.1 Å². The van der Waals surface area contributed by atoms with Crippen molar-refractivity contribution < 1.29 is 42.9 Å². The number of ketones is 1. The Balaban J connectivity index is 1.21. The molecule has 3 aromatic rings. The van der Waals surface area contributed by atoms with E-state index in [4.69, 9.17) is 45.3 Å². The number of benzene rings is 1. The van der Waals surface area contributed by atoms with Crippen molar-refractivity contribution in [2.75, 3.05) is 34.0 Å². The first kappa shape index (κ1) is 43.3. The van der Waals surface area contributed by atoms with Crippen molar-refractivity contribution >= 4 is 57.5 Å². The molecule has 1 aliphatic heterocycles. The fourth-order valence-corrected chi connectivity index (χ4v) is 10.5. The number of rotatable bonds is 17. The molecule has 3 aliphatic carbocycles. The molecular weight excluding hydrogens is 794 g/mol. The van der Waals surface area contributed by atoms with Gasteiger partial charge in [0.1, 0.15) is 46.0 Å². The van der Waals surface area contributed by atoms with E-state index >= 15 is 0 Å². The molecule has 8 atom stereocenters. The SMILES string of the molecule is CC[C@@H]1C[C@]1(CC(=O)[C@@H]1C[C@@H](Oc2cc(-c3nc(C(C)C)cs3)nc3c(Cl)c(OCCOC)ccc23)CN1C(=O)C(CC(=O)OC1C[C@@H]2C[C@@H]2C1)C(C)(C)C)C(=O)OC. The van der Waals surface area contributed by atoms with Crippen molar-refractivity contribution in [3.8, 4) is 22.2 Å². The lowest BCUT2D eigenvalue weighted by Gasteiger charge is -2.35. The molecule has 0 spiro atoms. The summed E-state index contributed by atoms with van der Waals surface area (Å²) in [6.45, 7) is 12.7. The highest BCUT2D eigenvalue weighted by Crippen LogP contribution is 2.58. The number of carbonyl (C=O) groups excluding carboxylic acids is 4. The van der Waals surface area contributed by atoms with E-state index in [2.05, 4.69) is 13.8 Å². The predicted octanol–water partition coefficient (Wildman–Crippen LogP) is 8.45. The minimum Gasteiger partial charge on any atom is -0.490 e. The summed E-state index contributed by atoms with van der Waals surface area (Å²) in [7, 11) is 2.94. The van der Waals surface area contributed by atoms with Crippen LogP contribution in [-0.2, 0) is 33.4 Å². The largest absolute Gasteiger partial charge is 0.490 e. The highest BCUT2D eigenvalue weighted by Gasteiger charge is 2.62. The van der Waals surface area contributed by atoms with Gasteiger partial charge in [-0.25, -0.2) is 9.97 Å². The summed E-state index contributed by atoms with van der Waals surface area (Å²) in [5.74, 6) is 0.341. The molecule has 3 saturated carbocycles. The molecule has 4 aliphatic rings. The number of carbonyl (C=O) groups is 4. The number of Topliss-reactive ketones (excluding diaryl/α,β-unsaturated/α-hetero) is 1. The molecule has 7 rings (SSSR count). The van der Waals surface area contributed by atoms with Gasteiger partial charge in [-0.15, -0.1) is 11.3 Å². The number of nitrogens with zero attached hydrogens (tertiary/aromatic N) is 3. The molecule has 59 heavy (non-hydrogen) atoms. The molecule has 0 bridgehead atoms. The lowest BCUT2D eigenvalue weighted by Crippen LogP contribution is -2.48. The van der Waals surface area contributed by atoms with Gasteiger partial charge in [0.25, 0.3) is 0 Å². The van der Waals surface area contributed by atoms with Gasteiger partial charge in [0.15, 0.2) is 5.78 Å². The lowest BCUT2D eigenvalue weighted by molar-refractivity contribution is -0.157. The minimum absolute atomic E-state index is 0.0204. The zero-order chi connectivity index (χ0) is 42.4. The van der Waals surface area contributed by atoms with Crippen LogP contribution in [0.25, 0.3) is 21.6 Å². The highest BCUT2D eigenvalue weighted by atomic mass is 35.5. The van der Waals surface area contributed by atoms with E-state index in [0.717, 1.165) is 25.0 Å². The molecule has 3 heterocycles. The maximum absolute atomic E-state index is 14.9. The number of pyridine rings is 1. The molecule has 1 amide bonds. The second-order valence-corrected chi connectivity index (χ2v) is 19.6. The first-order valence-electron chi connectivity index (χ1n) is 21.0. The summed E-state index contributed by atoms with van der Waals surface area (Å²) in [4.78, 5) is 67.4. The number of halogens is 1. The first-order chi connectivity index (χ1) is 28.1. The molecule has 2 unspecified atom stereocenters. The third kappa shape index (κ3) is 9.12. The smallest absolute Gasteiger partial charge is 0.312 e. The number of thiazole rings is 1. The Hall–Kier alpha value is -3.81. The van der Waals surface area contributed by atoms with Crippen LogP contribution in [0.15, 0.2) is 23.6 Å². The Kier molecular flexibility index (Phi) is 12.7. The molecule has 1 aromatic carbocycles. The van der Waals surface area contributed by atoms with E-state index in [9.17, 15) is 19.2 Å². The number of aromatic nitrogens is 2. The van der Waals surface area contributed by atoms with Crippen LogP contribution in [0.3, 0.4) is 0 Å². The average molecular weight is 852 g/mol. The van der Waals surface area contributed by atoms with Crippen LogP contribution >= 0.6 is 22.9 Å². The molecule has 320 valence electrons. The topological polar surface area (TPSA) is 143 Å². The Morgan fingerprint density at radius 2 is 1.75 bits per heavy atom. The molecule has 2 aromatic heterocycles. The van der Waals surface area contributed by atoms with Crippen LogP contribution in [-0.4, -0.2) is 90.7 Å². The summed E-state index contributed by atoms with van der Waals surface area (Å²) in [5, 5.41) is 3.63. The maximum atomic E-state index is 14.9. The molecular formula is C45H58ClN3O9S. The van der Waals surface area contributed by atoms with Crippen molar-refractivity contribution in [2.24, 2.45) is 34.5 Å². The van der Waals surface area contributed by atoms with Crippen molar-refractivity contribution in [3.63, 3.8) is 0 Å². The summed E-state index contributed by atoms with van der Waals surface area (Å²) >= 11 is 8.46. The van der Waals surface area contributed by atoms with Crippen molar-refractivity contribution in [3.05, 3.63) is 34.3 Å². The van der Waals surface area contributed by atoms with Crippen molar-refractivity contribution in [1.82, 2.24) is 14.9 Å².